The fourth-order valence-electron chi connectivity index (χ4n) is 1.87. The second-order valence-electron chi connectivity index (χ2n) is 4.79. The highest BCUT2D eigenvalue weighted by Gasteiger charge is 2.30. The predicted octanol–water partition coefficient (Wildman–Crippen LogP) is 3.85. The summed E-state index contributed by atoms with van der Waals surface area (Å²) in [5.74, 6) is 0.650. The van der Waals surface area contributed by atoms with Crippen LogP contribution < -0.4 is 14.8 Å². The summed E-state index contributed by atoms with van der Waals surface area (Å²) in [6.07, 6.45) is -3.69. The van der Waals surface area contributed by atoms with Gasteiger partial charge in [0, 0.05) is 12.3 Å². The number of pyridine rings is 1. The number of nitrogens with one attached hydrogen (secondary N) is 1. The second-order valence-corrected chi connectivity index (χ2v) is 5.78. The Morgan fingerprint density at radius 3 is 2.52 bits per heavy atom. The van der Waals surface area contributed by atoms with Crippen LogP contribution in [0.15, 0.2) is 41.6 Å². The third kappa shape index (κ3) is 5.28. The molecule has 1 amide bonds. The highest BCUT2D eigenvalue weighted by Crippen LogP contribution is 2.30. The number of ether oxygens (including phenoxy) is 2. The van der Waals surface area contributed by atoms with Gasteiger partial charge in [-0.3, -0.25) is 4.79 Å². The van der Waals surface area contributed by atoms with E-state index < -0.39 is 11.7 Å². The second kappa shape index (κ2) is 8.11. The third-order valence-corrected chi connectivity index (χ3v) is 4.04. The lowest BCUT2D eigenvalue weighted by atomic mass is 10.2. The monoisotopic (exact) mass is 372 g/mol. The molecule has 5 nitrogen and oxygen atoms in total. The molecule has 1 N–H and O–H groups in total. The van der Waals surface area contributed by atoms with Crippen LogP contribution in [0.1, 0.15) is 5.56 Å². The molecule has 0 aliphatic rings. The van der Waals surface area contributed by atoms with Crippen molar-refractivity contribution >= 4 is 23.4 Å². The zero-order chi connectivity index (χ0) is 18.4. The molecule has 0 aliphatic heterocycles. The average Bonchev–Trinajstić information content (AvgIpc) is 2.59. The van der Waals surface area contributed by atoms with Crippen LogP contribution in [-0.2, 0) is 11.0 Å². The largest absolute Gasteiger partial charge is 0.497 e. The van der Waals surface area contributed by atoms with Crippen LogP contribution in [0, 0.1) is 0 Å². The molecule has 0 fully saturated rings. The van der Waals surface area contributed by atoms with E-state index in [1.165, 1.54) is 20.3 Å². The van der Waals surface area contributed by atoms with Crippen LogP contribution in [0.3, 0.4) is 0 Å². The number of nitrogens with zero attached hydrogens (tertiary/aromatic N) is 1. The first kappa shape index (κ1) is 18.9. The molecule has 9 heteroatoms. The summed E-state index contributed by atoms with van der Waals surface area (Å²) in [6, 6.07) is 7.11. The van der Waals surface area contributed by atoms with E-state index in [9.17, 15) is 18.0 Å². The summed E-state index contributed by atoms with van der Waals surface area (Å²) in [6.45, 7) is 0. The number of anilines is 1. The van der Waals surface area contributed by atoms with Crippen LogP contribution >= 0.6 is 11.8 Å². The molecule has 0 bridgehead atoms. The van der Waals surface area contributed by atoms with E-state index in [0.29, 0.717) is 22.2 Å². The van der Waals surface area contributed by atoms with Crippen LogP contribution in [0.25, 0.3) is 0 Å². The van der Waals surface area contributed by atoms with Gasteiger partial charge in [-0.15, -0.1) is 0 Å². The van der Waals surface area contributed by atoms with E-state index in [1.807, 2.05) is 0 Å². The van der Waals surface area contributed by atoms with Crippen molar-refractivity contribution in [1.82, 2.24) is 4.98 Å². The first-order valence-corrected chi connectivity index (χ1v) is 8.00. The molecule has 0 radical (unpaired) electrons. The van der Waals surface area contributed by atoms with Crippen molar-refractivity contribution < 1.29 is 27.4 Å². The maximum atomic E-state index is 12.5. The molecule has 0 saturated carbocycles. The standard InChI is InChI=1S/C16H15F3N2O3S/c1-23-11-4-5-13(24-2)12(7-11)21-14(22)9-25-15-6-3-10(8-20-15)16(17,18)19/h3-8H,9H2,1-2H3,(H,21,22). The Hall–Kier alpha value is -2.42. The summed E-state index contributed by atoms with van der Waals surface area (Å²) < 4.78 is 47.7. The van der Waals surface area contributed by atoms with Crippen molar-refractivity contribution in [3.8, 4) is 11.5 Å². The average molecular weight is 372 g/mol. The topological polar surface area (TPSA) is 60.5 Å². The molecule has 25 heavy (non-hydrogen) atoms. The number of aromatic nitrogens is 1. The van der Waals surface area contributed by atoms with Gasteiger partial charge in [0.05, 0.1) is 36.2 Å². The molecule has 0 saturated heterocycles. The minimum absolute atomic E-state index is 0.0152. The van der Waals surface area contributed by atoms with Gasteiger partial charge in [0.1, 0.15) is 11.5 Å². The Bertz CT molecular complexity index is 736. The van der Waals surface area contributed by atoms with Crippen LogP contribution in [-0.4, -0.2) is 30.9 Å². The van der Waals surface area contributed by atoms with Crippen molar-refractivity contribution in [2.24, 2.45) is 0 Å². The molecule has 0 unspecified atom stereocenters. The summed E-state index contributed by atoms with van der Waals surface area (Å²) in [4.78, 5) is 15.7. The van der Waals surface area contributed by atoms with Crippen molar-refractivity contribution in [1.29, 1.82) is 0 Å². The first-order chi connectivity index (χ1) is 11.8. The SMILES string of the molecule is COc1ccc(OC)c(NC(=O)CSc2ccc(C(F)(F)F)cn2)c1. The van der Waals surface area contributed by atoms with Gasteiger partial charge in [-0.2, -0.15) is 13.2 Å². The Morgan fingerprint density at radius 1 is 1.20 bits per heavy atom. The van der Waals surface area contributed by atoms with Gasteiger partial charge in [0.15, 0.2) is 0 Å². The number of carbonyl (C=O) groups excluding carboxylic acids is 1. The number of rotatable bonds is 6. The van der Waals surface area contributed by atoms with Crippen molar-refractivity contribution in [2.75, 3.05) is 25.3 Å². The predicted molar refractivity (Wildman–Crippen MR) is 88.1 cm³/mol. The number of alkyl halides is 3. The van der Waals surface area contributed by atoms with Gasteiger partial charge >= 0.3 is 6.18 Å². The summed E-state index contributed by atoms with van der Waals surface area (Å²) in [7, 11) is 2.97. The number of hydrogen-bond donors (Lipinski definition) is 1. The van der Waals surface area contributed by atoms with E-state index in [2.05, 4.69) is 10.3 Å². The van der Waals surface area contributed by atoms with Gasteiger partial charge in [-0.05, 0) is 24.3 Å². The lowest BCUT2D eigenvalue weighted by Crippen LogP contribution is -2.15. The number of hydrogen-bond acceptors (Lipinski definition) is 5. The summed E-state index contributed by atoms with van der Waals surface area (Å²) >= 11 is 1.03. The van der Waals surface area contributed by atoms with Crippen molar-refractivity contribution in [3.63, 3.8) is 0 Å². The molecular formula is C16H15F3N2O3S. The Kier molecular flexibility index (Phi) is 6.13. The normalized spacial score (nSPS) is 11.1. The van der Waals surface area contributed by atoms with Crippen molar-refractivity contribution in [2.45, 2.75) is 11.2 Å². The molecule has 0 aliphatic carbocycles. The lowest BCUT2D eigenvalue weighted by Gasteiger charge is -2.11. The lowest BCUT2D eigenvalue weighted by molar-refractivity contribution is -0.137. The summed E-state index contributed by atoms with van der Waals surface area (Å²) in [5, 5.41) is 2.99. The number of amides is 1. The van der Waals surface area contributed by atoms with E-state index in [1.54, 1.807) is 18.2 Å². The number of thioether (sulfide) groups is 1. The maximum absolute atomic E-state index is 12.5. The zero-order valence-corrected chi connectivity index (χ0v) is 14.2. The molecule has 1 aromatic heterocycles. The Balaban J connectivity index is 1.97. The fourth-order valence-corrected chi connectivity index (χ4v) is 2.51. The van der Waals surface area contributed by atoms with Gasteiger partial charge < -0.3 is 14.8 Å². The maximum Gasteiger partial charge on any atom is 0.417 e. The van der Waals surface area contributed by atoms with E-state index >= 15 is 0 Å². The number of halogens is 3. The highest BCUT2D eigenvalue weighted by atomic mass is 32.2. The fraction of sp³-hybridized carbons (Fsp3) is 0.250. The molecule has 0 spiro atoms. The number of carbonyl (C=O) groups is 1. The van der Waals surface area contributed by atoms with Crippen molar-refractivity contribution in [3.05, 3.63) is 42.1 Å². The Labute approximate surface area is 146 Å². The van der Waals surface area contributed by atoms with Crippen LogP contribution in [0.5, 0.6) is 11.5 Å². The molecule has 2 rings (SSSR count). The van der Waals surface area contributed by atoms with Gasteiger partial charge in [0.2, 0.25) is 5.91 Å². The van der Waals surface area contributed by atoms with Crippen LogP contribution in [0.2, 0.25) is 0 Å². The van der Waals surface area contributed by atoms with Gasteiger partial charge in [-0.25, -0.2) is 4.98 Å². The molecule has 1 aromatic carbocycles. The number of benzene rings is 1. The third-order valence-electron chi connectivity index (χ3n) is 3.10. The van der Waals surface area contributed by atoms with Gasteiger partial charge in [-0.1, -0.05) is 11.8 Å². The van der Waals surface area contributed by atoms with E-state index in [4.69, 9.17) is 9.47 Å². The van der Waals surface area contributed by atoms with E-state index in [0.717, 1.165) is 24.0 Å². The molecule has 0 atom stereocenters. The quantitative estimate of drug-likeness (QED) is 0.781. The molecule has 2 aromatic rings. The Morgan fingerprint density at radius 2 is 1.96 bits per heavy atom. The smallest absolute Gasteiger partial charge is 0.417 e. The molecule has 1 heterocycles. The zero-order valence-electron chi connectivity index (χ0n) is 13.4. The molecule has 134 valence electrons. The van der Waals surface area contributed by atoms with Crippen LogP contribution in [0.4, 0.5) is 18.9 Å². The first-order valence-electron chi connectivity index (χ1n) is 7.01. The van der Waals surface area contributed by atoms with E-state index in [-0.39, 0.29) is 11.7 Å². The summed E-state index contributed by atoms with van der Waals surface area (Å²) in [5.41, 5.74) is -0.393. The number of methoxy groups -OCH3 is 2. The minimum Gasteiger partial charge on any atom is -0.497 e. The van der Waals surface area contributed by atoms with Gasteiger partial charge in [0.25, 0.3) is 0 Å². The molecular weight excluding hydrogens is 357 g/mol. The highest BCUT2D eigenvalue weighted by molar-refractivity contribution is 7.99. The minimum atomic E-state index is -4.43.